The first kappa shape index (κ1) is 14.3. The lowest BCUT2D eigenvalue weighted by atomic mass is 9.70. The largest absolute Gasteiger partial charge is 0.493 e. The molecule has 4 nitrogen and oxygen atoms in total. The Labute approximate surface area is 126 Å². The van der Waals surface area contributed by atoms with E-state index < -0.39 is 0 Å². The molecule has 0 spiro atoms. The Bertz CT molecular complexity index is 569. The molecule has 0 bridgehead atoms. The number of fused-ring (bicyclic) bond motifs is 1. The highest BCUT2D eigenvalue weighted by Gasteiger charge is 2.45. The second-order valence-electron chi connectivity index (χ2n) is 5.98. The first-order chi connectivity index (χ1) is 10.1. The van der Waals surface area contributed by atoms with Crippen LogP contribution in [0, 0.1) is 0 Å². The fraction of sp³-hybridized carbons (Fsp3) is 0.529. The van der Waals surface area contributed by atoms with Crippen LogP contribution in [0.1, 0.15) is 24.8 Å². The molecule has 0 saturated carbocycles. The van der Waals surface area contributed by atoms with Crippen molar-refractivity contribution in [2.45, 2.75) is 30.8 Å². The van der Waals surface area contributed by atoms with E-state index in [0.29, 0.717) is 0 Å². The number of aliphatic hydroxyl groups excluding tert-OH is 1. The van der Waals surface area contributed by atoms with Gasteiger partial charge in [-0.2, -0.15) is 0 Å². The highest BCUT2D eigenvalue weighted by atomic mass is 16.5. The maximum atomic E-state index is 9.97. The van der Waals surface area contributed by atoms with Gasteiger partial charge in [-0.05, 0) is 43.0 Å². The van der Waals surface area contributed by atoms with Crippen molar-refractivity contribution in [2.24, 2.45) is 0 Å². The smallest absolute Gasteiger partial charge is 0.161 e. The van der Waals surface area contributed by atoms with Crippen LogP contribution in [0.3, 0.4) is 0 Å². The number of benzene rings is 1. The number of aliphatic hydroxyl groups is 1. The summed E-state index contributed by atoms with van der Waals surface area (Å²) in [4.78, 5) is 2.26. The highest BCUT2D eigenvalue weighted by molar-refractivity contribution is 5.49. The molecule has 1 aromatic rings. The van der Waals surface area contributed by atoms with Crippen molar-refractivity contribution >= 4 is 0 Å². The summed E-state index contributed by atoms with van der Waals surface area (Å²) in [7, 11) is 5.43. The van der Waals surface area contributed by atoms with Gasteiger partial charge in [-0.25, -0.2) is 0 Å². The second-order valence-corrected chi connectivity index (χ2v) is 5.98. The zero-order valence-electron chi connectivity index (χ0n) is 12.9. The predicted molar refractivity (Wildman–Crippen MR) is 81.8 cm³/mol. The van der Waals surface area contributed by atoms with Crippen LogP contribution in [0.4, 0.5) is 0 Å². The van der Waals surface area contributed by atoms with E-state index in [4.69, 9.17) is 9.47 Å². The number of allylic oxidation sites excluding steroid dienone is 1. The number of hydrogen-bond acceptors (Lipinski definition) is 4. The summed E-state index contributed by atoms with van der Waals surface area (Å²) < 4.78 is 10.8. The van der Waals surface area contributed by atoms with Gasteiger partial charge in [0.25, 0.3) is 0 Å². The number of nitrogens with zero attached hydrogens (tertiary/aromatic N) is 1. The predicted octanol–water partition coefficient (Wildman–Crippen LogP) is 2.32. The Kier molecular flexibility index (Phi) is 3.57. The molecule has 3 rings (SSSR count). The van der Waals surface area contributed by atoms with E-state index in [1.165, 1.54) is 11.3 Å². The van der Waals surface area contributed by atoms with Crippen LogP contribution in [0.15, 0.2) is 30.0 Å². The summed E-state index contributed by atoms with van der Waals surface area (Å²) in [5, 5.41) is 9.97. The van der Waals surface area contributed by atoms with E-state index in [1.807, 2.05) is 12.1 Å². The van der Waals surface area contributed by atoms with Crippen molar-refractivity contribution in [2.75, 3.05) is 27.8 Å². The highest BCUT2D eigenvalue weighted by Crippen LogP contribution is 2.50. The maximum Gasteiger partial charge on any atom is 0.161 e. The fourth-order valence-corrected chi connectivity index (χ4v) is 3.74. The van der Waals surface area contributed by atoms with E-state index in [0.717, 1.165) is 37.3 Å². The van der Waals surface area contributed by atoms with Crippen molar-refractivity contribution < 1.29 is 14.6 Å². The molecule has 0 unspecified atom stereocenters. The summed E-state index contributed by atoms with van der Waals surface area (Å²) in [6, 6.07) is 6.19. The normalized spacial score (nSPS) is 28.1. The van der Waals surface area contributed by atoms with Gasteiger partial charge in [-0.15, -0.1) is 0 Å². The molecule has 0 radical (unpaired) electrons. The molecule has 1 heterocycles. The summed E-state index contributed by atoms with van der Waals surface area (Å²) in [6.45, 7) is 1.02. The van der Waals surface area contributed by atoms with E-state index in [-0.39, 0.29) is 11.5 Å². The number of ether oxygens (including phenoxy) is 2. The third kappa shape index (κ3) is 2.18. The van der Waals surface area contributed by atoms with Crippen LogP contribution >= 0.6 is 0 Å². The Morgan fingerprint density at radius 3 is 2.67 bits per heavy atom. The first-order valence-electron chi connectivity index (χ1n) is 7.45. The van der Waals surface area contributed by atoms with Crippen molar-refractivity contribution in [3.63, 3.8) is 0 Å². The van der Waals surface area contributed by atoms with Crippen LogP contribution in [0.25, 0.3) is 0 Å². The summed E-state index contributed by atoms with van der Waals surface area (Å²) in [6.07, 6.45) is 4.56. The van der Waals surface area contributed by atoms with E-state index >= 15 is 0 Å². The molecule has 4 heteroatoms. The van der Waals surface area contributed by atoms with Gasteiger partial charge in [-0.3, -0.25) is 0 Å². The van der Waals surface area contributed by atoms with Crippen LogP contribution in [-0.2, 0) is 5.41 Å². The monoisotopic (exact) mass is 289 g/mol. The van der Waals surface area contributed by atoms with Gasteiger partial charge in [-0.1, -0.05) is 6.07 Å². The van der Waals surface area contributed by atoms with Gasteiger partial charge in [0, 0.05) is 24.7 Å². The third-order valence-corrected chi connectivity index (χ3v) is 4.93. The summed E-state index contributed by atoms with van der Waals surface area (Å²) in [5.41, 5.74) is 2.50. The van der Waals surface area contributed by atoms with E-state index in [2.05, 4.69) is 24.1 Å². The molecule has 21 heavy (non-hydrogen) atoms. The van der Waals surface area contributed by atoms with Gasteiger partial charge >= 0.3 is 0 Å². The number of methoxy groups -OCH3 is 2. The minimum absolute atomic E-state index is 0.00747. The molecule has 1 fully saturated rings. The van der Waals surface area contributed by atoms with Crippen molar-refractivity contribution in [3.8, 4) is 11.5 Å². The molecule has 0 amide bonds. The Morgan fingerprint density at radius 1 is 1.19 bits per heavy atom. The second kappa shape index (κ2) is 5.26. The van der Waals surface area contributed by atoms with Crippen LogP contribution in [0.2, 0.25) is 0 Å². The number of rotatable bonds is 3. The molecular weight excluding hydrogens is 266 g/mol. The van der Waals surface area contributed by atoms with Crippen molar-refractivity contribution in [1.29, 1.82) is 0 Å². The topological polar surface area (TPSA) is 41.9 Å². The van der Waals surface area contributed by atoms with Crippen molar-refractivity contribution in [3.05, 3.63) is 35.5 Å². The Hall–Kier alpha value is -1.68. The SMILES string of the molecule is COc1ccc([C@@]23CC[C@@H](O)C=C2N(C)CC3)cc1OC. The van der Waals surface area contributed by atoms with Gasteiger partial charge in [0.15, 0.2) is 11.5 Å². The average molecular weight is 289 g/mol. The zero-order valence-corrected chi connectivity index (χ0v) is 12.9. The lowest BCUT2D eigenvalue weighted by Crippen LogP contribution is -2.33. The average Bonchev–Trinajstić information content (AvgIpc) is 2.85. The minimum Gasteiger partial charge on any atom is -0.493 e. The van der Waals surface area contributed by atoms with Crippen molar-refractivity contribution in [1.82, 2.24) is 4.90 Å². The van der Waals surface area contributed by atoms with Gasteiger partial charge < -0.3 is 19.5 Å². The molecule has 1 saturated heterocycles. The summed E-state index contributed by atoms with van der Waals surface area (Å²) >= 11 is 0. The minimum atomic E-state index is -0.325. The van der Waals surface area contributed by atoms with Gasteiger partial charge in [0.2, 0.25) is 0 Å². The van der Waals surface area contributed by atoms with E-state index in [9.17, 15) is 5.11 Å². The lowest BCUT2D eigenvalue weighted by Gasteiger charge is -2.37. The Balaban J connectivity index is 2.08. The summed E-state index contributed by atoms with van der Waals surface area (Å²) in [5.74, 6) is 1.52. The van der Waals surface area contributed by atoms with Gasteiger partial charge in [0.05, 0.1) is 20.3 Å². The number of hydrogen-bond donors (Lipinski definition) is 1. The van der Waals surface area contributed by atoms with E-state index in [1.54, 1.807) is 14.2 Å². The molecule has 1 aliphatic carbocycles. The molecule has 2 atom stereocenters. The standard InChI is InChI=1S/C17H23NO3/c1-18-9-8-17(7-6-13(19)11-16(17)18)12-4-5-14(20-2)15(10-12)21-3/h4-5,10-11,13,19H,6-9H2,1-3H3/t13-,17+/m1/s1. The molecule has 1 aliphatic heterocycles. The van der Waals surface area contributed by atoms with Gasteiger partial charge in [0.1, 0.15) is 0 Å². The first-order valence-corrected chi connectivity index (χ1v) is 7.45. The van der Waals surface area contributed by atoms with Crippen LogP contribution in [0.5, 0.6) is 11.5 Å². The van der Waals surface area contributed by atoms with Crippen LogP contribution < -0.4 is 9.47 Å². The number of likely N-dealkylation sites (tertiary alicyclic amines) is 1. The maximum absolute atomic E-state index is 9.97. The molecule has 1 aromatic carbocycles. The van der Waals surface area contributed by atoms with Crippen LogP contribution in [-0.4, -0.2) is 43.9 Å². The number of likely N-dealkylation sites (N-methyl/N-ethyl adjacent to an activating group) is 1. The molecule has 114 valence electrons. The molecule has 1 N–H and O–H groups in total. The molecule has 2 aliphatic rings. The quantitative estimate of drug-likeness (QED) is 0.927. The zero-order chi connectivity index (χ0) is 15.0. The molecule has 0 aromatic heterocycles. The molecular formula is C17H23NO3. The Morgan fingerprint density at radius 2 is 1.95 bits per heavy atom. The third-order valence-electron chi connectivity index (χ3n) is 4.93. The lowest BCUT2D eigenvalue weighted by molar-refractivity contribution is 0.181. The fourth-order valence-electron chi connectivity index (χ4n) is 3.74.